The third-order valence-corrected chi connectivity index (χ3v) is 7.66. The maximum Gasteiger partial charge on any atom is 0.278 e. The van der Waals surface area contributed by atoms with Crippen LogP contribution < -0.4 is 10.2 Å². The van der Waals surface area contributed by atoms with Gasteiger partial charge >= 0.3 is 0 Å². The van der Waals surface area contributed by atoms with Crippen LogP contribution in [0.25, 0.3) is 0 Å². The Labute approximate surface area is 151 Å². The summed E-state index contributed by atoms with van der Waals surface area (Å²) in [5.41, 5.74) is 0. The molecular formula is C16H23BrN3O3S+. The van der Waals surface area contributed by atoms with E-state index in [9.17, 15) is 13.2 Å². The first-order valence-electron chi connectivity index (χ1n) is 8.29. The first kappa shape index (κ1) is 17.8. The van der Waals surface area contributed by atoms with Crippen LogP contribution in [0, 0.1) is 0 Å². The molecule has 1 aliphatic heterocycles. The van der Waals surface area contributed by atoms with Crippen molar-refractivity contribution < 1.29 is 18.1 Å². The minimum absolute atomic E-state index is 0.0783. The Balaban J connectivity index is 1.62. The van der Waals surface area contributed by atoms with Crippen LogP contribution in [-0.4, -0.2) is 56.9 Å². The number of rotatable bonds is 5. The number of carbonyl (C=O) groups excluding carboxylic acids is 1. The second-order valence-electron chi connectivity index (χ2n) is 6.50. The van der Waals surface area contributed by atoms with E-state index in [0.29, 0.717) is 41.6 Å². The summed E-state index contributed by atoms with van der Waals surface area (Å²) in [4.78, 5) is 13.6. The lowest BCUT2D eigenvalue weighted by Crippen LogP contribution is -3.19. The molecule has 0 unspecified atom stereocenters. The maximum atomic E-state index is 12.8. The van der Waals surface area contributed by atoms with E-state index < -0.39 is 10.0 Å². The summed E-state index contributed by atoms with van der Waals surface area (Å²) in [5, 5.41) is 3.03. The Morgan fingerprint density at radius 1 is 1.29 bits per heavy atom. The minimum Gasteiger partial charge on any atom is -0.348 e. The van der Waals surface area contributed by atoms with Gasteiger partial charge in [-0.05, 0) is 47.8 Å². The molecule has 24 heavy (non-hydrogen) atoms. The van der Waals surface area contributed by atoms with Gasteiger partial charge in [0.15, 0.2) is 6.04 Å². The first-order chi connectivity index (χ1) is 11.4. The Kier molecular flexibility index (Phi) is 5.29. The van der Waals surface area contributed by atoms with Gasteiger partial charge in [0.05, 0.1) is 31.1 Å². The molecule has 1 heterocycles. The second kappa shape index (κ2) is 7.11. The lowest BCUT2D eigenvalue weighted by Gasteiger charge is -2.34. The van der Waals surface area contributed by atoms with E-state index >= 15 is 0 Å². The minimum atomic E-state index is -3.50. The van der Waals surface area contributed by atoms with Crippen LogP contribution in [-0.2, 0) is 14.8 Å². The summed E-state index contributed by atoms with van der Waals surface area (Å²) in [6.07, 6.45) is 2.15. The normalized spacial score (nSPS) is 21.4. The number of quaternary nitrogens is 1. The number of amides is 1. The van der Waals surface area contributed by atoms with E-state index in [1.807, 2.05) is 6.92 Å². The van der Waals surface area contributed by atoms with Crippen LogP contribution in [0.4, 0.5) is 0 Å². The zero-order valence-electron chi connectivity index (χ0n) is 13.7. The van der Waals surface area contributed by atoms with Crippen molar-refractivity contribution in [3.63, 3.8) is 0 Å². The lowest BCUT2D eigenvalue weighted by atomic mass is 10.2. The number of nitrogens with one attached hydrogen (secondary N) is 2. The molecule has 1 saturated heterocycles. The quantitative estimate of drug-likeness (QED) is 0.709. The summed E-state index contributed by atoms with van der Waals surface area (Å²) in [6.45, 7) is 4.07. The number of hydrogen-bond acceptors (Lipinski definition) is 3. The molecule has 0 spiro atoms. The third kappa shape index (κ3) is 3.82. The fourth-order valence-corrected chi connectivity index (χ4v) is 5.38. The number of halogens is 1. The van der Waals surface area contributed by atoms with E-state index in [2.05, 4.69) is 21.2 Å². The number of nitrogens with zero attached hydrogens (tertiary/aromatic N) is 1. The zero-order chi connectivity index (χ0) is 17.3. The van der Waals surface area contributed by atoms with Gasteiger partial charge in [0.2, 0.25) is 10.0 Å². The summed E-state index contributed by atoms with van der Waals surface area (Å²) < 4.78 is 27.7. The summed E-state index contributed by atoms with van der Waals surface area (Å²) in [6, 6.07) is 7.09. The monoisotopic (exact) mass is 416 g/mol. The third-order valence-electron chi connectivity index (χ3n) is 4.75. The van der Waals surface area contributed by atoms with Gasteiger partial charge in [-0.2, -0.15) is 4.31 Å². The Morgan fingerprint density at radius 3 is 2.50 bits per heavy atom. The van der Waals surface area contributed by atoms with Crippen LogP contribution in [0.15, 0.2) is 33.6 Å². The Bertz CT molecular complexity index is 713. The van der Waals surface area contributed by atoms with Gasteiger partial charge in [-0.15, -0.1) is 0 Å². The molecule has 132 valence electrons. The molecule has 8 heteroatoms. The highest BCUT2D eigenvalue weighted by Crippen LogP contribution is 2.24. The molecule has 1 aromatic carbocycles. The van der Waals surface area contributed by atoms with Gasteiger partial charge in [0.1, 0.15) is 0 Å². The molecule has 1 amide bonds. The van der Waals surface area contributed by atoms with Crippen molar-refractivity contribution in [2.45, 2.75) is 36.7 Å². The number of benzene rings is 1. The standard InChI is InChI=1S/C16H22BrN3O3S/c1-12(16(21)18-13-6-7-13)19-8-10-20(11-9-19)24(22,23)15-5-3-2-4-14(15)17/h2-5,12-13H,6-11H2,1H3,(H,18,21)/p+1/t12-/m1/s1. The second-order valence-corrected chi connectivity index (χ2v) is 9.26. The topological polar surface area (TPSA) is 70.9 Å². The molecule has 6 nitrogen and oxygen atoms in total. The number of piperazine rings is 1. The maximum absolute atomic E-state index is 12.8. The van der Waals surface area contributed by atoms with Crippen molar-refractivity contribution >= 4 is 31.9 Å². The number of hydrogen-bond donors (Lipinski definition) is 2. The summed E-state index contributed by atoms with van der Waals surface area (Å²) in [5.74, 6) is 0.0783. The van der Waals surface area contributed by atoms with Gasteiger partial charge < -0.3 is 10.2 Å². The SMILES string of the molecule is C[C@H](C(=O)NC1CC1)[NH+]1CCN(S(=O)(=O)c2ccccc2Br)CC1. The van der Waals surface area contributed by atoms with Crippen molar-refractivity contribution in [2.24, 2.45) is 0 Å². The van der Waals surface area contributed by atoms with E-state index in [-0.39, 0.29) is 11.9 Å². The average molecular weight is 417 g/mol. The fraction of sp³-hybridized carbons (Fsp3) is 0.562. The molecule has 1 atom stereocenters. The van der Waals surface area contributed by atoms with Crippen LogP contribution in [0.3, 0.4) is 0 Å². The molecular weight excluding hydrogens is 394 g/mol. The van der Waals surface area contributed by atoms with Crippen LogP contribution >= 0.6 is 15.9 Å². The van der Waals surface area contributed by atoms with E-state index in [0.717, 1.165) is 17.7 Å². The number of carbonyl (C=O) groups is 1. The van der Waals surface area contributed by atoms with Crippen molar-refractivity contribution in [3.05, 3.63) is 28.7 Å². The molecule has 0 bridgehead atoms. The largest absolute Gasteiger partial charge is 0.348 e. The first-order valence-corrected chi connectivity index (χ1v) is 10.5. The van der Waals surface area contributed by atoms with Gasteiger partial charge in [-0.1, -0.05) is 12.1 Å². The Hall–Kier alpha value is -0.960. The van der Waals surface area contributed by atoms with Gasteiger partial charge in [0.25, 0.3) is 5.91 Å². The van der Waals surface area contributed by atoms with Gasteiger partial charge in [-0.25, -0.2) is 8.42 Å². The molecule has 1 saturated carbocycles. The summed E-state index contributed by atoms with van der Waals surface area (Å²) in [7, 11) is -3.50. The van der Waals surface area contributed by atoms with E-state index in [4.69, 9.17) is 0 Å². The van der Waals surface area contributed by atoms with Crippen molar-refractivity contribution in [3.8, 4) is 0 Å². The predicted molar refractivity (Wildman–Crippen MR) is 94.2 cm³/mol. The molecule has 1 aliphatic carbocycles. The van der Waals surface area contributed by atoms with Crippen molar-refractivity contribution in [1.82, 2.24) is 9.62 Å². The summed E-state index contributed by atoms with van der Waals surface area (Å²) >= 11 is 3.32. The van der Waals surface area contributed by atoms with Crippen molar-refractivity contribution in [2.75, 3.05) is 26.2 Å². The predicted octanol–water partition coefficient (Wildman–Crippen LogP) is 0.00540. The van der Waals surface area contributed by atoms with E-state index in [1.165, 1.54) is 4.31 Å². The van der Waals surface area contributed by atoms with Gasteiger partial charge in [-0.3, -0.25) is 4.79 Å². The van der Waals surface area contributed by atoms with E-state index in [1.54, 1.807) is 24.3 Å². The molecule has 0 radical (unpaired) electrons. The van der Waals surface area contributed by atoms with Gasteiger partial charge in [0, 0.05) is 10.5 Å². The molecule has 2 fully saturated rings. The number of sulfonamides is 1. The highest BCUT2D eigenvalue weighted by Gasteiger charge is 2.36. The van der Waals surface area contributed by atoms with Crippen LogP contribution in [0.5, 0.6) is 0 Å². The molecule has 0 aromatic heterocycles. The smallest absolute Gasteiger partial charge is 0.278 e. The zero-order valence-corrected chi connectivity index (χ0v) is 16.1. The highest BCUT2D eigenvalue weighted by atomic mass is 79.9. The molecule has 2 aliphatic rings. The Morgan fingerprint density at radius 2 is 1.92 bits per heavy atom. The average Bonchev–Trinajstić information content (AvgIpc) is 3.38. The lowest BCUT2D eigenvalue weighted by molar-refractivity contribution is -0.917. The molecule has 2 N–H and O–H groups in total. The molecule has 3 rings (SSSR count). The molecule has 1 aromatic rings. The highest BCUT2D eigenvalue weighted by molar-refractivity contribution is 9.10. The van der Waals surface area contributed by atoms with Crippen LogP contribution in [0.2, 0.25) is 0 Å². The van der Waals surface area contributed by atoms with Crippen LogP contribution in [0.1, 0.15) is 19.8 Å². The fourth-order valence-electron chi connectivity index (χ4n) is 2.98. The van der Waals surface area contributed by atoms with Crippen molar-refractivity contribution in [1.29, 1.82) is 0 Å².